The average molecular weight is 209 g/mol. The summed E-state index contributed by atoms with van der Waals surface area (Å²) in [6.45, 7) is 2.28. The standard InChI is InChI=1S/C13H23NO/c1-5-6-12(15)13(14(3)4)9-7-11(2)8-10-13/h1,11-12,15H,6-10H2,2-4H3. The van der Waals surface area contributed by atoms with Crippen molar-refractivity contribution < 1.29 is 5.11 Å². The highest BCUT2D eigenvalue weighted by Crippen LogP contribution is 2.38. The van der Waals surface area contributed by atoms with Crippen molar-refractivity contribution in [2.75, 3.05) is 14.1 Å². The van der Waals surface area contributed by atoms with Crippen LogP contribution in [-0.4, -0.2) is 35.7 Å². The van der Waals surface area contributed by atoms with Crippen molar-refractivity contribution in [1.29, 1.82) is 0 Å². The molecule has 86 valence electrons. The van der Waals surface area contributed by atoms with Crippen LogP contribution in [0.1, 0.15) is 39.0 Å². The molecule has 1 atom stereocenters. The van der Waals surface area contributed by atoms with E-state index in [1.165, 1.54) is 12.8 Å². The monoisotopic (exact) mass is 209 g/mol. The van der Waals surface area contributed by atoms with E-state index in [4.69, 9.17) is 6.42 Å². The zero-order valence-corrected chi connectivity index (χ0v) is 10.2. The third kappa shape index (κ3) is 2.53. The van der Waals surface area contributed by atoms with Crippen LogP contribution in [0.15, 0.2) is 0 Å². The Morgan fingerprint density at radius 1 is 1.47 bits per heavy atom. The molecule has 15 heavy (non-hydrogen) atoms. The fourth-order valence-corrected chi connectivity index (χ4v) is 2.64. The molecule has 1 aliphatic carbocycles. The Labute approximate surface area is 93.7 Å². The first kappa shape index (κ1) is 12.5. The molecule has 0 saturated heterocycles. The molecule has 2 nitrogen and oxygen atoms in total. The SMILES string of the molecule is C#CCC(O)C1(N(C)C)CCC(C)CC1. The zero-order valence-electron chi connectivity index (χ0n) is 10.2. The molecule has 1 fully saturated rings. The Balaban J connectivity index is 2.76. The number of rotatable bonds is 3. The van der Waals surface area contributed by atoms with Crippen LogP contribution in [0.3, 0.4) is 0 Å². The second-order valence-corrected chi connectivity index (χ2v) is 5.10. The van der Waals surface area contributed by atoms with Crippen LogP contribution in [-0.2, 0) is 0 Å². The highest BCUT2D eigenvalue weighted by atomic mass is 16.3. The van der Waals surface area contributed by atoms with Crippen LogP contribution < -0.4 is 0 Å². The molecule has 1 N–H and O–H groups in total. The minimum Gasteiger partial charge on any atom is -0.390 e. The molecule has 0 aromatic carbocycles. The van der Waals surface area contributed by atoms with E-state index in [2.05, 4.69) is 31.8 Å². The van der Waals surface area contributed by atoms with Gasteiger partial charge in [-0.1, -0.05) is 6.92 Å². The van der Waals surface area contributed by atoms with Gasteiger partial charge in [0.05, 0.1) is 6.10 Å². The number of likely N-dealkylation sites (N-methyl/N-ethyl adjacent to an activating group) is 1. The summed E-state index contributed by atoms with van der Waals surface area (Å²) in [6.07, 6.45) is 9.88. The molecule has 1 rings (SSSR count). The molecule has 0 aliphatic heterocycles. The molecular weight excluding hydrogens is 186 g/mol. The van der Waals surface area contributed by atoms with Gasteiger partial charge in [0.2, 0.25) is 0 Å². The van der Waals surface area contributed by atoms with Gasteiger partial charge in [0.1, 0.15) is 0 Å². The Bertz CT molecular complexity index is 233. The second kappa shape index (κ2) is 5.01. The molecule has 1 unspecified atom stereocenters. The Morgan fingerprint density at radius 2 is 2.00 bits per heavy atom. The molecule has 0 amide bonds. The lowest BCUT2D eigenvalue weighted by Crippen LogP contribution is -2.55. The number of hydrogen-bond acceptors (Lipinski definition) is 2. The number of terminal acetylenes is 1. The van der Waals surface area contributed by atoms with Gasteiger partial charge in [-0.05, 0) is 45.7 Å². The van der Waals surface area contributed by atoms with E-state index in [0.29, 0.717) is 6.42 Å². The van der Waals surface area contributed by atoms with Crippen molar-refractivity contribution in [2.24, 2.45) is 5.92 Å². The highest BCUT2D eigenvalue weighted by Gasteiger charge is 2.41. The lowest BCUT2D eigenvalue weighted by molar-refractivity contribution is -0.0359. The maximum absolute atomic E-state index is 10.2. The maximum atomic E-state index is 10.2. The van der Waals surface area contributed by atoms with Crippen LogP contribution in [0.2, 0.25) is 0 Å². The lowest BCUT2D eigenvalue weighted by atomic mass is 9.72. The Kier molecular flexibility index (Phi) is 4.19. The van der Waals surface area contributed by atoms with Crippen LogP contribution in [0.4, 0.5) is 0 Å². The Morgan fingerprint density at radius 3 is 2.40 bits per heavy atom. The third-order valence-electron chi connectivity index (χ3n) is 3.96. The molecule has 0 aromatic heterocycles. The van der Waals surface area contributed by atoms with Gasteiger partial charge in [-0.3, -0.25) is 0 Å². The van der Waals surface area contributed by atoms with Gasteiger partial charge in [-0.15, -0.1) is 12.3 Å². The van der Waals surface area contributed by atoms with E-state index in [0.717, 1.165) is 18.8 Å². The lowest BCUT2D eigenvalue weighted by Gasteiger charge is -2.47. The topological polar surface area (TPSA) is 23.5 Å². The molecule has 0 radical (unpaired) electrons. The van der Waals surface area contributed by atoms with Gasteiger partial charge >= 0.3 is 0 Å². The first-order valence-corrected chi connectivity index (χ1v) is 5.82. The summed E-state index contributed by atoms with van der Waals surface area (Å²) in [5.41, 5.74) is -0.0844. The van der Waals surface area contributed by atoms with E-state index < -0.39 is 0 Å². The summed E-state index contributed by atoms with van der Waals surface area (Å²) in [5, 5.41) is 10.2. The third-order valence-corrected chi connectivity index (χ3v) is 3.96. The molecule has 0 bridgehead atoms. The summed E-state index contributed by atoms with van der Waals surface area (Å²) >= 11 is 0. The average Bonchev–Trinajstić information content (AvgIpc) is 2.19. The normalized spacial score (nSPS) is 33.7. The van der Waals surface area contributed by atoms with Gasteiger partial charge < -0.3 is 10.0 Å². The quantitative estimate of drug-likeness (QED) is 0.717. The first-order chi connectivity index (χ1) is 7.03. The second-order valence-electron chi connectivity index (χ2n) is 5.10. The predicted molar refractivity (Wildman–Crippen MR) is 63.5 cm³/mol. The van der Waals surface area contributed by atoms with Crippen LogP contribution in [0, 0.1) is 18.3 Å². The molecule has 0 spiro atoms. The van der Waals surface area contributed by atoms with Gasteiger partial charge in [0.25, 0.3) is 0 Å². The molecule has 1 saturated carbocycles. The van der Waals surface area contributed by atoms with Crippen molar-refractivity contribution in [1.82, 2.24) is 4.90 Å². The summed E-state index contributed by atoms with van der Waals surface area (Å²) in [7, 11) is 4.10. The van der Waals surface area contributed by atoms with Crippen LogP contribution in [0.25, 0.3) is 0 Å². The molecule has 0 heterocycles. The maximum Gasteiger partial charge on any atom is 0.0832 e. The first-order valence-electron chi connectivity index (χ1n) is 5.82. The summed E-state index contributed by atoms with van der Waals surface area (Å²) in [6, 6.07) is 0. The van der Waals surface area contributed by atoms with Crippen molar-refractivity contribution in [3.8, 4) is 12.3 Å². The number of aliphatic hydroxyl groups is 1. The van der Waals surface area contributed by atoms with E-state index in [9.17, 15) is 5.11 Å². The van der Waals surface area contributed by atoms with E-state index in [1.54, 1.807) is 0 Å². The van der Waals surface area contributed by atoms with Crippen molar-refractivity contribution in [3.63, 3.8) is 0 Å². The van der Waals surface area contributed by atoms with E-state index in [1.807, 2.05) is 0 Å². The number of hydrogen-bond donors (Lipinski definition) is 1. The fraction of sp³-hybridized carbons (Fsp3) is 0.846. The van der Waals surface area contributed by atoms with Crippen molar-refractivity contribution in [2.45, 2.75) is 50.7 Å². The summed E-state index contributed by atoms with van der Waals surface area (Å²) < 4.78 is 0. The fourth-order valence-electron chi connectivity index (χ4n) is 2.64. The molecular formula is C13H23NO. The molecule has 2 heteroatoms. The highest BCUT2D eigenvalue weighted by molar-refractivity contribution is 5.02. The minimum absolute atomic E-state index is 0.0844. The van der Waals surface area contributed by atoms with E-state index in [-0.39, 0.29) is 11.6 Å². The summed E-state index contributed by atoms with van der Waals surface area (Å²) in [4.78, 5) is 2.17. The van der Waals surface area contributed by atoms with Gasteiger partial charge in [0, 0.05) is 12.0 Å². The molecule has 0 aromatic rings. The van der Waals surface area contributed by atoms with Crippen molar-refractivity contribution in [3.05, 3.63) is 0 Å². The largest absolute Gasteiger partial charge is 0.390 e. The van der Waals surface area contributed by atoms with Gasteiger partial charge in [0.15, 0.2) is 0 Å². The van der Waals surface area contributed by atoms with Crippen LogP contribution >= 0.6 is 0 Å². The minimum atomic E-state index is -0.384. The Hall–Kier alpha value is -0.520. The summed E-state index contributed by atoms with van der Waals surface area (Å²) in [5.74, 6) is 3.37. The number of aliphatic hydroxyl groups excluding tert-OH is 1. The predicted octanol–water partition coefficient (Wildman–Crippen LogP) is 1.88. The molecule has 1 aliphatic rings. The van der Waals surface area contributed by atoms with Crippen LogP contribution in [0.5, 0.6) is 0 Å². The van der Waals surface area contributed by atoms with Gasteiger partial charge in [-0.25, -0.2) is 0 Å². The number of nitrogens with zero attached hydrogens (tertiary/aromatic N) is 1. The zero-order chi connectivity index (χ0) is 11.5. The smallest absolute Gasteiger partial charge is 0.0832 e. The van der Waals surface area contributed by atoms with Gasteiger partial charge in [-0.2, -0.15) is 0 Å². The van der Waals surface area contributed by atoms with Crippen molar-refractivity contribution >= 4 is 0 Å². The van der Waals surface area contributed by atoms with E-state index >= 15 is 0 Å².